The molecular formula is C26H25B2N2O4+. The molecular weight excluding hydrogens is 426 g/mol. The summed E-state index contributed by atoms with van der Waals surface area (Å²) < 4.78 is 2.19. The number of anilines is 1. The Bertz CT molecular complexity index is 1370. The molecule has 6 nitrogen and oxygen atoms in total. The lowest BCUT2D eigenvalue weighted by molar-refractivity contribution is -0.662. The highest BCUT2D eigenvalue weighted by atomic mass is 16.4. The number of benzene rings is 3. The molecule has 1 aliphatic rings. The average molecular weight is 451 g/mol. The predicted molar refractivity (Wildman–Crippen MR) is 136 cm³/mol. The maximum absolute atomic E-state index is 9.55. The van der Waals surface area contributed by atoms with E-state index < -0.39 is 14.2 Å². The second-order valence-corrected chi connectivity index (χ2v) is 8.59. The van der Waals surface area contributed by atoms with Crippen LogP contribution in [0.15, 0.2) is 85.1 Å². The summed E-state index contributed by atoms with van der Waals surface area (Å²) in [4.78, 5) is 2.28. The molecule has 0 amide bonds. The van der Waals surface area contributed by atoms with Crippen molar-refractivity contribution in [3.8, 4) is 0 Å². The van der Waals surface area contributed by atoms with Gasteiger partial charge < -0.3 is 25.0 Å². The zero-order chi connectivity index (χ0) is 23.7. The number of aromatic nitrogens is 1. The van der Waals surface area contributed by atoms with Crippen molar-refractivity contribution in [2.24, 2.45) is 0 Å². The fourth-order valence-corrected chi connectivity index (χ4v) is 4.63. The molecule has 5 rings (SSSR count). The summed E-state index contributed by atoms with van der Waals surface area (Å²) >= 11 is 0. The lowest BCUT2D eigenvalue weighted by Gasteiger charge is -2.28. The van der Waals surface area contributed by atoms with Crippen molar-refractivity contribution in [3.05, 3.63) is 102 Å². The van der Waals surface area contributed by atoms with Crippen LogP contribution < -0.4 is 20.4 Å². The molecule has 3 aromatic carbocycles. The molecule has 0 saturated heterocycles. The molecule has 0 atom stereocenters. The van der Waals surface area contributed by atoms with Gasteiger partial charge in [0.15, 0.2) is 12.7 Å². The standard InChI is InChI=1S/C26H25B2N2O4/c31-27(32)22-8-1-5-19(15-22)17-29-13-4-10-24-25(29)12-11-21-7-3-14-30(26(21)24)18-20-6-2-9-23(16-20)28(33)34/h1-12,14-16,31-34H,13,17-18H2/q+1. The lowest BCUT2D eigenvalue weighted by Crippen LogP contribution is -2.37. The first-order valence-electron chi connectivity index (χ1n) is 11.3. The van der Waals surface area contributed by atoms with Crippen LogP contribution in [-0.2, 0) is 13.1 Å². The summed E-state index contributed by atoms with van der Waals surface area (Å²) in [5, 5.41) is 39.3. The van der Waals surface area contributed by atoms with Crippen LogP contribution in [0.4, 0.5) is 5.69 Å². The summed E-state index contributed by atoms with van der Waals surface area (Å²) in [7, 11) is -2.98. The minimum atomic E-state index is -1.49. The van der Waals surface area contributed by atoms with E-state index in [4.69, 9.17) is 0 Å². The molecule has 168 valence electrons. The molecule has 0 radical (unpaired) electrons. The maximum atomic E-state index is 9.55. The number of hydrogen-bond donors (Lipinski definition) is 4. The fraction of sp³-hybridized carbons (Fsp3) is 0.115. The Morgan fingerprint density at radius 3 is 2.24 bits per heavy atom. The third kappa shape index (κ3) is 4.49. The number of nitrogens with zero attached hydrogens (tertiary/aromatic N) is 2. The molecule has 0 fully saturated rings. The van der Waals surface area contributed by atoms with E-state index in [9.17, 15) is 20.1 Å². The average Bonchev–Trinajstić information content (AvgIpc) is 2.84. The van der Waals surface area contributed by atoms with E-state index in [1.54, 1.807) is 12.1 Å². The summed E-state index contributed by atoms with van der Waals surface area (Å²) in [5.74, 6) is 0. The zero-order valence-corrected chi connectivity index (χ0v) is 18.6. The summed E-state index contributed by atoms with van der Waals surface area (Å²) in [6, 6.07) is 23.1. The second-order valence-electron chi connectivity index (χ2n) is 8.59. The molecule has 8 heteroatoms. The molecule has 34 heavy (non-hydrogen) atoms. The van der Waals surface area contributed by atoms with Gasteiger partial charge in [-0.05, 0) is 40.8 Å². The van der Waals surface area contributed by atoms with E-state index in [-0.39, 0.29) is 0 Å². The molecule has 0 spiro atoms. The van der Waals surface area contributed by atoms with Gasteiger partial charge in [0.05, 0.1) is 11.3 Å². The van der Waals surface area contributed by atoms with Gasteiger partial charge in [0.1, 0.15) is 0 Å². The van der Waals surface area contributed by atoms with E-state index in [1.807, 2.05) is 48.7 Å². The highest BCUT2D eigenvalue weighted by Crippen LogP contribution is 2.32. The van der Waals surface area contributed by atoms with E-state index in [0.717, 1.165) is 39.8 Å². The number of rotatable bonds is 6. The van der Waals surface area contributed by atoms with Crippen molar-refractivity contribution in [2.75, 3.05) is 11.4 Å². The van der Waals surface area contributed by atoms with Crippen LogP contribution in [0.1, 0.15) is 16.7 Å². The van der Waals surface area contributed by atoms with Crippen molar-refractivity contribution in [3.63, 3.8) is 0 Å². The Labute approximate surface area is 199 Å². The molecule has 0 saturated carbocycles. The third-order valence-electron chi connectivity index (χ3n) is 6.23. The second kappa shape index (κ2) is 9.44. The van der Waals surface area contributed by atoms with Gasteiger partial charge in [0, 0.05) is 30.1 Å². The van der Waals surface area contributed by atoms with Crippen LogP contribution in [0.25, 0.3) is 17.0 Å². The van der Waals surface area contributed by atoms with E-state index in [1.165, 1.54) is 0 Å². The quantitative estimate of drug-likeness (QED) is 0.255. The van der Waals surface area contributed by atoms with Gasteiger partial charge in [-0.3, -0.25) is 0 Å². The first kappa shape index (κ1) is 22.4. The molecule has 1 aliphatic heterocycles. The van der Waals surface area contributed by atoms with Gasteiger partial charge in [-0.1, -0.05) is 54.6 Å². The molecule has 0 bridgehead atoms. The predicted octanol–water partition coefficient (Wildman–Crippen LogP) is 0.569. The third-order valence-corrected chi connectivity index (χ3v) is 6.23. The minimum Gasteiger partial charge on any atom is -0.423 e. The van der Waals surface area contributed by atoms with Crippen LogP contribution in [0.2, 0.25) is 0 Å². The zero-order valence-electron chi connectivity index (χ0n) is 18.6. The highest BCUT2D eigenvalue weighted by Gasteiger charge is 2.22. The largest absolute Gasteiger partial charge is 0.488 e. The summed E-state index contributed by atoms with van der Waals surface area (Å²) in [5.41, 5.74) is 6.29. The van der Waals surface area contributed by atoms with E-state index in [2.05, 4.69) is 39.8 Å². The van der Waals surface area contributed by atoms with Crippen LogP contribution in [-0.4, -0.2) is 40.9 Å². The van der Waals surface area contributed by atoms with Crippen LogP contribution >= 0.6 is 0 Å². The van der Waals surface area contributed by atoms with Crippen molar-refractivity contribution in [1.82, 2.24) is 0 Å². The van der Waals surface area contributed by atoms with Crippen molar-refractivity contribution in [1.29, 1.82) is 0 Å². The van der Waals surface area contributed by atoms with E-state index in [0.29, 0.717) is 24.0 Å². The normalized spacial score (nSPS) is 12.6. The topological polar surface area (TPSA) is 88.0 Å². The smallest absolute Gasteiger partial charge is 0.423 e. The molecule has 0 aliphatic carbocycles. The van der Waals surface area contributed by atoms with Crippen molar-refractivity contribution < 1.29 is 24.7 Å². The Balaban J connectivity index is 1.53. The molecule has 4 N–H and O–H groups in total. The monoisotopic (exact) mass is 451 g/mol. The van der Waals surface area contributed by atoms with E-state index >= 15 is 0 Å². The highest BCUT2D eigenvalue weighted by molar-refractivity contribution is 6.58. The van der Waals surface area contributed by atoms with Gasteiger partial charge >= 0.3 is 14.2 Å². The van der Waals surface area contributed by atoms with Gasteiger partial charge in [-0.25, -0.2) is 0 Å². The van der Waals surface area contributed by atoms with Crippen molar-refractivity contribution in [2.45, 2.75) is 13.1 Å². The van der Waals surface area contributed by atoms with Gasteiger partial charge in [0.2, 0.25) is 5.52 Å². The molecule has 4 aromatic rings. The summed E-state index contributed by atoms with van der Waals surface area (Å²) in [6.07, 6.45) is 6.35. The van der Waals surface area contributed by atoms with Gasteiger partial charge in [0.25, 0.3) is 0 Å². The van der Waals surface area contributed by atoms with Gasteiger partial charge in [-0.15, -0.1) is 0 Å². The molecule has 0 unspecified atom stereocenters. The minimum absolute atomic E-state index is 0.474. The van der Waals surface area contributed by atoms with Gasteiger partial charge in [-0.2, -0.15) is 4.57 Å². The fourth-order valence-electron chi connectivity index (χ4n) is 4.63. The Kier molecular flexibility index (Phi) is 6.22. The maximum Gasteiger partial charge on any atom is 0.488 e. The Morgan fingerprint density at radius 1 is 0.794 bits per heavy atom. The van der Waals surface area contributed by atoms with Crippen LogP contribution in [0, 0.1) is 0 Å². The molecule has 1 aromatic heterocycles. The Hall–Kier alpha value is -3.42. The van der Waals surface area contributed by atoms with Crippen molar-refractivity contribution >= 4 is 47.8 Å². The Morgan fingerprint density at radius 2 is 1.50 bits per heavy atom. The number of hydrogen-bond acceptors (Lipinski definition) is 5. The van der Waals surface area contributed by atoms with Crippen LogP contribution in [0.5, 0.6) is 0 Å². The van der Waals surface area contributed by atoms with Crippen LogP contribution in [0.3, 0.4) is 0 Å². The lowest BCUT2D eigenvalue weighted by atomic mass is 9.79. The molecule has 2 heterocycles. The summed E-state index contributed by atoms with van der Waals surface area (Å²) in [6.45, 7) is 2.00. The first-order valence-corrected chi connectivity index (χ1v) is 11.3. The SMILES string of the molecule is OB(O)c1cccc(CN2CC=Cc3c2ccc2ccc[n+](Cc4cccc(B(O)O)c4)c32)c1. The number of pyridine rings is 1. The number of fused-ring (bicyclic) bond motifs is 3. The first-order chi connectivity index (χ1) is 16.5.